The first kappa shape index (κ1) is 23.1. The van der Waals surface area contributed by atoms with Gasteiger partial charge in [-0.25, -0.2) is 4.68 Å². The van der Waals surface area contributed by atoms with Gasteiger partial charge in [0.15, 0.2) is 5.79 Å². The number of nitrogens with zero attached hydrogens (tertiary/aromatic N) is 3. The van der Waals surface area contributed by atoms with E-state index in [0.29, 0.717) is 18.6 Å². The van der Waals surface area contributed by atoms with Gasteiger partial charge in [0.1, 0.15) is 5.78 Å². The fourth-order valence-electron chi connectivity index (χ4n) is 5.74. The number of ether oxygens (including phenoxy) is 2. The summed E-state index contributed by atoms with van der Waals surface area (Å²) < 4.78 is 13.2. The smallest absolute Gasteiger partial charge is 0.244 e. The molecule has 0 atom stereocenters. The maximum absolute atomic E-state index is 11.6. The third kappa shape index (κ3) is 4.35. The van der Waals surface area contributed by atoms with Gasteiger partial charge in [0, 0.05) is 43.4 Å². The number of benzene rings is 2. The summed E-state index contributed by atoms with van der Waals surface area (Å²) in [6.45, 7) is 2.95. The maximum Gasteiger partial charge on any atom is 0.244 e. The number of aryl methyl sites for hydroxylation is 2. The molecule has 1 fully saturated rings. The Morgan fingerprint density at radius 1 is 0.944 bits per heavy atom. The highest BCUT2D eigenvalue weighted by atomic mass is 16.7. The largest absolute Gasteiger partial charge is 0.347 e. The first-order chi connectivity index (χ1) is 17.5. The van der Waals surface area contributed by atoms with Crippen LogP contribution in [-0.2, 0) is 40.0 Å². The van der Waals surface area contributed by atoms with E-state index in [1.807, 2.05) is 18.3 Å². The van der Waals surface area contributed by atoms with Crippen LogP contribution in [0.5, 0.6) is 0 Å². The van der Waals surface area contributed by atoms with E-state index in [1.54, 1.807) is 6.20 Å². The molecule has 1 N–H and O–H groups in total. The Morgan fingerprint density at radius 3 is 2.56 bits per heavy atom. The zero-order chi connectivity index (χ0) is 24.7. The van der Waals surface area contributed by atoms with Crippen molar-refractivity contribution in [3.05, 3.63) is 58.9 Å². The highest BCUT2D eigenvalue weighted by molar-refractivity contribution is 5.91. The van der Waals surface area contributed by atoms with E-state index in [0.717, 1.165) is 73.7 Å². The van der Waals surface area contributed by atoms with E-state index in [2.05, 4.69) is 27.4 Å². The molecule has 3 heterocycles. The first-order valence-corrected chi connectivity index (χ1v) is 12.7. The van der Waals surface area contributed by atoms with E-state index >= 15 is 0 Å². The Balaban J connectivity index is 0.000000133. The van der Waals surface area contributed by atoms with Crippen molar-refractivity contribution in [2.24, 2.45) is 0 Å². The first-order valence-electron chi connectivity index (χ1n) is 12.7. The van der Waals surface area contributed by atoms with Gasteiger partial charge >= 0.3 is 0 Å². The van der Waals surface area contributed by atoms with Gasteiger partial charge in [0.2, 0.25) is 5.91 Å². The van der Waals surface area contributed by atoms with E-state index in [4.69, 9.17) is 9.47 Å². The van der Waals surface area contributed by atoms with Crippen molar-refractivity contribution in [2.45, 2.75) is 64.1 Å². The van der Waals surface area contributed by atoms with Crippen LogP contribution in [0.15, 0.2) is 36.7 Å². The van der Waals surface area contributed by atoms with Crippen LogP contribution in [-0.4, -0.2) is 50.7 Å². The van der Waals surface area contributed by atoms with Crippen molar-refractivity contribution in [1.82, 2.24) is 20.0 Å². The van der Waals surface area contributed by atoms with Crippen LogP contribution >= 0.6 is 0 Å². The SMILES string of the molecule is CC(=O)n1ncc2cc3c(cc21)CCCC(=O)C3.c1n[nH]c2cc3c(cc12)CC1(CCC3)OCCO1. The third-order valence-corrected chi connectivity index (χ3v) is 7.51. The Bertz CT molecular complexity index is 1460. The number of fused-ring (bicyclic) bond motifs is 4. The number of nitrogens with one attached hydrogen (secondary N) is 1. The monoisotopic (exact) mass is 486 g/mol. The number of Topliss-reactive ketones (excluding diaryl/α,β-unsaturated/α-hetero) is 1. The number of aromatic nitrogens is 4. The van der Waals surface area contributed by atoms with Crippen LogP contribution < -0.4 is 0 Å². The number of hydrogen-bond donors (Lipinski definition) is 1. The summed E-state index contributed by atoms with van der Waals surface area (Å²) in [5.41, 5.74) is 6.99. The highest BCUT2D eigenvalue weighted by Gasteiger charge is 2.38. The second kappa shape index (κ2) is 9.26. The van der Waals surface area contributed by atoms with Crippen molar-refractivity contribution >= 4 is 33.5 Å². The Morgan fingerprint density at radius 2 is 1.72 bits per heavy atom. The van der Waals surface area contributed by atoms with Gasteiger partial charge < -0.3 is 9.47 Å². The summed E-state index contributed by atoms with van der Waals surface area (Å²) in [7, 11) is 0. The minimum atomic E-state index is -0.358. The van der Waals surface area contributed by atoms with Crippen LogP contribution in [0, 0.1) is 0 Å². The molecule has 1 saturated heterocycles. The predicted octanol–water partition coefficient (Wildman–Crippen LogP) is 4.33. The predicted molar refractivity (Wildman–Crippen MR) is 135 cm³/mol. The van der Waals surface area contributed by atoms with E-state index in [9.17, 15) is 9.59 Å². The number of hydrogen-bond acceptors (Lipinski definition) is 6. The number of carbonyl (C=O) groups is 2. The molecule has 8 nitrogen and oxygen atoms in total. The van der Waals surface area contributed by atoms with Gasteiger partial charge in [-0.2, -0.15) is 10.2 Å². The molecule has 2 aromatic carbocycles. The lowest BCUT2D eigenvalue weighted by atomic mass is 9.99. The van der Waals surface area contributed by atoms with Crippen molar-refractivity contribution in [3.8, 4) is 0 Å². The van der Waals surface area contributed by atoms with Gasteiger partial charge in [-0.3, -0.25) is 14.7 Å². The molecule has 186 valence electrons. The summed E-state index contributed by atoms with van der Waals surface area (Å²) >= 11 is 0. The summed E-state index contributed by atoms with van der Waals surface area (Å²) in [5, 5.41) is 13.3. The third-order valence-electron chi connectivity index (χ3n) is 7.51. The quantitative estimate of drug-likeness (QED) is 0.372. The van der Waals surface area contributed by atoms with Crippen molar-refractivity contribution in [2.75, 3.05) is 13.2 Å². The minimum Gasteiger partial charge on any atom is -0.347 e. The summed E-state index contributed by atoms with van der Waals surface area (Å²) in [4.78, 5) is 23.1. The van der Waals surface area contributed by atoms with Gasteiger partial charge in [-0.05, 0) is 72.2 Å². The molecule has 0 saturated carbocycles. The molecule has 1 aliphatic heterocycles. The van der Waals surface area contributed by atoms with E-state index in [-0.39, 0.29) is 11.7 Å². The van der Waals surface area contributed by atoms with E-state index < -0.39 is 0 Å². The van der Waals surface area contributed by atoms with E-state index in [1.165, 1.54) is 33.7 Å². The number of rotatable bonds is 0. The van der Waals surface area contributed by atoms with Crippen LogP contribution in [0.1, 0.15) is 59.7 Å². The Hall–Kier alpha value is -3.36. The van der Waals surface area contributed by atoms with Crippen LogP contribution in [0.2, 0.25) is 0 Å². The maximum atomic E-state index is 11.6. The molecule has 0 bridgehead atoms. The molecule has 36 heavy (non-hydrogen) atoms. The van der Waals surface area contributed by atoms with Crippen LogP contribution in [0.3, 0.4) is 0 Å². The molecular weight excluding hydrogens is 456 g/mol. The Kier molecular flexibility index (Phi) is 5.93. The summed E-state index contributed by atoms with van der Waals surface area (Å²) in [6, 6.07) is 8.47. The standard InChI is InChI=1S/C14H16N2O2.C14H14N2O2/c1-2-10-7-13-12(9-15-16-13)6-11(10)8-14(3-1)17-4-5-18-14;1-9(17)16-14-7-10-3-2-4-13(18)6-11(10)5-12(14)8-15-16/h6-7,9H,1-5,8H2,(H,15,16);5,7-8H,2-4,6H2,1H3. The molecule has 7 rings (SSSR count). The molecule has 3 aliphatic rings. The van der Waals surface area contributed by atoms with Crippen LogP contribution in [0.25, 0.3) is 21.8 Å². The number of H-pyrrole nitrogens is 1. The van der Waals surface area contributed by atoms with Crippen molar-refractivity contribution < 1.29 is 19.1 Å². The molecule has 2 aromatic heterocycles. The van der Waals surface area contributed by atoms with Gasteiger partial charge in [-0.1, -0.05) is 0 Å². The molecule has 2 aliphatic carbocycles. The molecular formula is C28H30N4O4. The minimum absolute atomic E-state index is 0.0883. The lowest BCUT2D eigenvalue weighted by Gasteiger charge is -2.25. The average molecular weight is 487 g/mol. The fourth-order valence-corrected chi connectivity index (χ4v) is 5.74. The summed E-state index contributed by atoms with van der Waals surface area (Å²) in [6.07, 6.45) is 10.6. The Labute approximate surface area is 209 Å². The number of ketones is 1. The van der Waals surface area contributed by atoms with Gasteiger partial charge in [0.05, 0.1) is 36.6 Å². The normalized spacial score (nSPS) is 18.9. The van der Waals surface area contributed by atoms with Crippen molar-refractivity contribution in [3.63, 3.8) is 0 Å². The lowest BCUT2D eigenvalue weighted by molar-refractivity contribution is -0.160. The second-order valence-electron chi connectivity index (χ2n) is 10.0. The topological polar surface area (TPSA) is 99.1 Å². The fraction of sp³-hybridized carbons (Fsp3) is 0.429. The number of carbonyl (C=O) groups excluding carboxylic acids is 2. The van der Waals surface area contributed by atoms with Crippen molar-refractivity contribution in [1.29, 1.82) is 0 Å². The zero-order valence-electron chi connectivity index (χ0n) is 20.5. The number of aromatic amines is 1. The van der Waals surface area contributed by atoms with Gasteiger partial charge in [-0.15, -0.1) is 0 Å². The molecule has 4 aromatic rings. The highest BCUT2D eigenvalue weighted by Crippen LogP contribution is 2.35. The van der Waals surface area contributed by atoms with Crippen LogP contribution in [0.4, 0.5) is 0 Å². The molecule has 8 heteroatoms. The molecule has 1 spiro atoms. The van der Waals surface area contributed by atoms with Gasteiger partial charge in [0.25, 0.3) is 0 Å². The molecule has 0 radical (unpaired) electrons. The average Bonchev–Trinajstić information content (AvgIpc) is 3.54. The second-order valence-corrected chi connectivity index (χ2v) is 10.0. The lowest BCUT2D eigenvalue weighted by Crippen LogP contribution is -2.32. The zero-order valence-corrected chi connectivity index (χ0v) is 20.5. The summed E-state index contributed by atoms with van der Waals surface area (Å²) in [5.74, 6) is -0.149. The molecule has 0 amide bonds. The molecule has 0 unspecified atom stereocenters.